The Morgan fingerprint density at radius 1 is 0.938 bits per heavy atom. The van der Waals surface area contributed by atoms with Gasteiger partial charge in [-0.3, -0.25) is 4.79 Å². The van der Waals surface area contributed by atoms with E-state index in [0.29, 0.717) is 0 Å². The van der Waals surface area contributed by atoms with E-state index in [1.165, 1.54) is 22.3 Å². The molecule has 1 aromatic carbocycles. The van der Waals surface area contributed by atoms with Crippen molar-refractivity contribution in [3.8, 4) is 0 Å². The number of hydrogen-bond donors (Lipinski definition) is 1. The lowest BCUT2D eigenvalue weighted by molar-refractivity contribution is -0.105. The molecule has 0 radical (unpaired) electrons. The van der Waals surface area contributed by atoms with Gasteiger partial charge in [0.15, 0.2) is 0 Å². The van der Waals surface area contributed by atoms with Crippen molar-refractivity contribution in [2.75, 3.05) is 5.32 Å². The second kappa shape index (κ2) is 3.77. The van der Waals surface area contributed by atoms with Crippen LogP contribution < -0.4 is 5.32 Å². The van der Waals surface area contributed by atoms with Gasteiger partial charge in [0.1, 0.15) is 0 Å². The van der Waals surface area contributed by atoms with Crippen LogP contribution in [0.1, 0.15) is 35.1 Å². The fourth-order valence-corrected chi connectivity index (χ4v) is 3.54. The van der Waals surface area contributed by atoms with Gasteiger partial charge in [0.25, 0.3) is 0 Å². The number of fused-ring (bicyclic) bond motifs is 2. The Kier molecular flexibility index (Phi) is 2.40. The van der Waals surface area contributed by atoms with Crippen molar-refractivity contribution in [1.82, 2.24) is 0 Å². The topological polar surface area (TPSA) is 29.1 Å². The number of halogens is 1. The SMILES string of the molecule is O=CNc1c2c(c(Cl)c3c1CCC3)CCC2. The molecule has 2 aliphatic carbocycles. The van der Waals surface area contributed by atoms with Gasteiger partial charge >= 0.3 is 0 Å². The molecule has 0 atom stereocenters. The second-order valence-electron chi connectivity index (χ2n) is 4.57. The van der Waals surface area contributed by atoms with Crippen LogP contribution in [-0.4, -0.2) is 6.41 Å². The summed E-state index contributed by atoms with van der Waals surface area (Å²) in [6, 6.07) is 0. The van der Waals surface area contributed by atoms with Crippen LogP contribution in [0.15, 0.2) is 0 Å². The third-order valence-corrected chi connectivity index (χ3v) is 4.23. The summed E-state index contributed by atoms with van der Waals surface area (Å²) in [5.74, 6) is 0. The maximum Gasteiger partial charge on any atom is 0.211 e. The molecular weight excluding hydrogens is 222 g/mol. The van der Waals surface area contributed by atoms with E-state index in [4.69, 9.17) is 11.6 Å². The highest BCUT2D eigenvalue weighted by Crippen LogP contribution is 2.43. The van der Waals surface area contributed by atoms with Crippen molar-refractivity contribution in [3.05, 3.63) is 27.3 Å². The van der Waals surface area contributed by atoms with E-state index in [0.717, 1.165) is 55.6 Å². The van der Waals surface area contributed by atoms with E-state index in [1.54, 1.807) is 0 Å². The van der Waals surface area contributed by atoms with Gasteiger partial charge in [-0.2, -0.15) is 0 Å². The maximum atomic E-state index is 10.7. The van der Waals surface area contributed by atoms with Gasteiger partial charge in [-0.1, -0.05) is 11.6 Å². The molecule has 16 heavy (non-hydrogen) atoms. The molecule has 2 nitrogen and oxygen atoms in total. The van der Waals surface area contributed by atoms with Gasteiger partial charge in [-0.05, 0) is 60.8 Å². The molecule has 1 aromatic rings. The van der Waals surface area contributed by atoms with Crippen molar-refractivity contribution < 1.29 is 4.79 Å². The minimum Gasteiger partial charge on any atom is -0.328 e. The summed E-state index contributed by atoms with van der Waals surface area (Å²) < 4.78 is 0. The van der Waals surface area contributed by atoms with Crippen LogP contribution >= 0.6 is 11.6 Å². The molecule has 0 unspecified atom stereocenters. The summed E-state index contributed by atoms with van der Waals surface area (Å²) in [5, 5.41) is 3.88. The molecule has 84 valence electrons. The van der Waals surface area contributed by atoms with Crippen molar-refractivity contribution >= 4 is 23.7 Å². The van der Waals surface area contributed by atoms with Crippen LogP contribution in [0.5, 0.6) is 0 Å². The molecule has 3 rings (SSSR count). The second-order valence-corrected chi connectivity index (χ2v) is 4.95. The third kappa shape index (κ3) is 1.29. The van der Waals surface area contributed by atoms with Crippen LogP contribution in [0, 0.1) is 0 Å². The zero-order valence-electron chi connectivity index (χ0n) is 9.11. The van der Waals surface area contributed by atoms with E-state index in [9.17, 15) is 4.79 Å². The number of amides is 1. The predicted molar refractivity (Wildman–Crippen MR) is 65.2 cm³/mol. The van der Waals surface area contributed by atoms with Gasteiger partial charge in [-0.25, -0.2) is 0 Å². The van der Waals surface area contributed by atoms with E-state index >= 15 is 0 Å². The summed E-state index contributed by atoms with van der Waals surface area (Å²) in [4.78, 5) is 10.7. The molecule has 0 aromatic heterocycles. The monoisotopic (exact) mass is 235 g/mol. The smallest absolute Gasteiger partial charge is 0.211 e. The van der Waals surface area contributed by atoms with E-state index in [1.807, 2.05) is 0 Å². The van der Waals surface area contributed by atoms with Gasteiger partial charge in [0.05, 0.1) is 0 Å². The molecule has 1 amide bonds. The molecule has 2 aliphatic rings. The Morgan fingerprint density at radius 2 is 1.44 bits per heavy atom. The van der Waals surface area contributed by atoms with E-state index in [2.05, 4.69) is 5.32 Å². The summed E-state index contributed by atoms with van der Waals surface area (Å²) in [7, 11) is 0. The zero-order valence-corrected chi connectivity index (χ0v) is 9.86. The highest BCUT2D eigenvalue weighted by molar-refractivity contribution is 6.32. The lowest BCUT2D eigenvalue weighted by Gasteiger charge is -2.15. The average molecular weight is 236 g/mol. The standard InChI is InChI=1S/C13H14ClNO/c14-12-8-3-1-5-10(8)13(15-7-16)11-6-2-4-9(11)12/h7H,1-6H2,(H,15,16). The number of benzene rings is 1. The molecule has 0 spiro atoms. The van der Waals surface area contributed by atoms with Crippen LogP contribution in [0.3, 0.4) is 0 Å². The van der Waals surface area contributed by atoms with Crippen molar-refractivity contribution in [2.24, 2.45) is 0 Å². The number of nitrogens with one attached hydrogen (secondary N) is 1. The van der Waals surface area contributed by atoms with Gasteiger partial charge < -0.3 is 5.32 Å². The Balaban J connectivity index is 2.27. The van der Waals surface area contributed by atoms with Crippen molar-refractivity contribution in [3.63, 3.8) is 0 Å². The van der Waals surface area contributed by atoms with Crippen LogP contribution in [0.25, 0.3) is 0 Å². The normalized spacial score (nSPS) is 17.1. The Labute approximate surface area is 100.0 Å². The minimum atomic E-state index is 0.792. The number of carbonyl (C=O) groups excluding carboxylic acids is 1. The first-order valence-corrected chi connectivity index (χ1v) is 6.26. The van der Waals surface area contributed by atoms with Crippen molar-refractivity contribution in [1.29, 1.82) is 0 Å². The number of carbonyl (C=O) groups is 1. The molecule has 0 bridgehead atoms. The van der Waals surface area contributed by atoms with Gasteiger partial charge in [0.2, 0.25) is 6.41 Å². The first-order chi connectivity index (χ1) is 7.83. The van der Waals surface area contributed by atoms with E-state index in [-0.39, 0.29) is 0 Å². The highest BCUT2D eigenvalue weighted by Gasteiger charge is 2.27. The fraction of sp³-hybridized carbons (Fsp3) is 0.462. The first-order valence-electron chi connectivity index (χ1n) is 5.88. The summed E-state index contributed by atoms with van der Waals surface area (Å²) >= 11 is 6.46. The number of anilines is 1. The zero-order chi connectivity index (χ0) is 11.1. The van der Waals surface area contributed by atoms with Gasteiger partial charge in [0, 0.05) is 10.7 Å². The molecule has 0 heterocycles. The number of hydrogen-bond acceptors (Lipinski definition) is 1. The highest BCUT2D eigenvalue weighted by atomic mass is 35.5. The summed E-state index contributed by atoms with van der Waals surface area (Å²) in [6.07, 6.45) is 7.35. The third-order valence-electron chi connectivity index (χ3n) is 3.77. The maximum absolute atomic E-state index is 10.7. The molecule has 0 saturated heterocycles. The van der Waals surface area contributed by atoms with Crippen LogP contribution in [-0.2, 0) is 30.5 Å². The van der Waals surface area contributed by atoms with Gasteiger partial charge in [-0.15, -0.1) is 0 Å². The molecule has 1 N–H and O–H groups in total. The lowest BCUT2D eigenvalue weighted by atomic mass is 9.98. The average Bonchev–Trinajstić information content (AvgIpc) is 2.92. The van der Waals surface area contributed by atoms with Crippen LogP contribution in [0.4, 0.5) is 5.69 Å². The van der Waals surface area contributed by atoms with E-state index < -0.39 is 0 Å². The molecular formula is C13H14ClNO. The first kappa shape index (κ1) is 10.2. The Hall–Kier alpha value is -1.02. The summed E-state index contributed by atoms with van der Waals surface area (Å²) in [6.45, 7) is 0. The minimum absolute atomic E-state index is 0.792. The van der Waals surface area contributed by atoms with Crippen molar-refractivity contribution in [2.45, 2.75) is 38.5 Å². The number of rotatable bonds is 2. The molecule has 0 fully saturated rings. The van der Waals surface area contributed by atoms with Crippen LogP contribution in [0.2, 0.25) is 5.02 Å². The molecule has 0 aliphatic heterocycles. The molecule has 3 heteroatoms. The Bertz CT molecular complexity index is 432. The fourth-order valence-electron chi connectivity index (χ4n) is 3.12. The largest absolute Gasteiger partial charge is 0.328 e. The Morgan fingerprint density at radius 3 is 1.94 bits per heavy atom. The summed E-state index contributed by atoms with van der Waals surface area (Å²) in [5.41, 5.74) is 6.22. The lowest BCUT2D eigenvalue weighted by Crippen LogP contribution is -2.04. The molecule has 0 saturated carbocycles. The quantitative estimate of drug-likeness (QED) is 0.785. The predicted octanol–water partition coefficient (Wildman–Crippen LogP) is 2.89.